The summed E-state index contributed by atoms with van der Waals surface area (Å²) in [5.74, 6) is 1.22. The third kappa shape index (κ3) is 1.32. The lowest BCUT2D eigenvalue weighted by Crippen LogP contribution is -2.61. The van der Waals surface area contributed by atoms with Crippen LogP contribution >= 0.6 is 0 Å². The molecule has 1 spiro atoms. The molecular weight excluding hydrogens is 224 g/mol. The molecule has 0 amide bonds. The number of hydrogen-bond acceptors (Lipinski definition) is 2. The zero-order chi connectivity index (χ0) is 13.2. The summed E-state index contributed by atoms with van der Waals surface area (Å²) in [5, 5.41) is 0. The van der Waals surface area contributed by atoms with Gasteiger partial charge in [0, 0.05) is 11.3 Å². The van der Waals surface area contributed by atoms with E-state index >= 15 is 0 Å². The SMILES string of the molecule is CC1CCC2C(C)(C)CCCC23OC(=O)CC13C. The van der Waals surface area contributed by atoms with Gasteiger partial charge in [-0.2, -0.15) is 0 Å². The Bertz CT molecular complexity index is 387. The molecule has 4 unspecified atom stereocenters. The van der Waals surface area contributed by atoms with E-state index in [1.807, 2.05) is 0 Å². The lowest BCUT2D eigenvalue weighted by atomic mass is 9.46. The van der Waals surface area contributed by atoms with Crippen LogP contribution in [-0.2, 0) is 9.53 Å². The van der Waals surface area contributed by atoms with Crippen LogP contribution in [0, 0.1) is 22.7 Å². The van der Waals surface area contributed by atoms with Crippen LogP contribution in [0.1, 0.15) is 66.2 Å². The van der Waals surface area contributed by atoms with Crippen molar-refractivity contribution in [3.05, 3.63) is 0 Å². The van der Waals surface area contributed by atoms with Crippen molar-refractivity contribution < 1.29 is 9.53 Å². The van der Waals surface area contributed by atoms with E-state index < -0.39 is 0 Å². The second-order valence-electron chi connectivity index (χ2n) is 7.83. The summed E-state index contributed by atoms with van der Waals surface area (Å²) in [5.41, 5.74) is 0.248. The Morgan fingerprint density at radius 3 is 2.61 bits per heavy atom. The summed E-state index contributed by atoms with van der Waals surface area (Å²) in [6.07, 6.45) is 6.70. The van der Waals surface area contributed by atoms with Crippen LogP contribution in [0.15, 0.2) is 0 Å². The summed E-state index contributed by atoms with van der Waals surface area (Å²) >= 11 is 0. The van der Waals surface area contributed by atoms with Gasteiger partial charge in [0.15, 0.2) is 0 Å². The summed E-state index contributed by atoms with van der Waals surface area (Å²) in [4.78, 5) is 12.0. The minimum absolute atomic E-state index is 0.0500. The minimum atomic E-state index is -0.149. The van der Waals surface area contributed by atoms with E-state index in [1.165, 1.54) is 25.7 Å². The molecule has 0 aromatic heterocycles. The highest BCUT2D eigenvalue weighted by molar-refractivity contribution is 5.74. The molecule has 102 valence electrons. The number of carbonyl (C=O) groups is 1. The number of esters is 1. The van der Waals surface area contributed by atoms with Crippen LogP contribution in [0.2, 0.25) is 0 Å². The van der Waals surface area contributed by atoms with Gasteiger partial charge in [-0.1, -0.05) is 27.7 Å². The smallest absolute Gasteiger partial charge is 0.307 e. The molecule has 0 radical (unpaired) electrons. The highest BCUT2D eigenvalue weighted by Gasteiger charge is 2.68. The average Bonchev–Trinajstić information content (AvgIpc) is 2.50. The third-order valence-electron chi connectivity index (χ3n) is 6.63. The minimum Gasteiger partial charge on any atom is -0.458 e. The number of carbonyl (C=O) groups excluding carboxylic acids is 1. The van der Waals surface area contributed by atoms with Gasteiger partial charge in [0.05, 0.1) is 6.42 Å². The Hall–Kier alpha value is -0.530. The maximum absolute atomic E-state index is 12.0. The standard InChI is InChI=1S/C16H26O2/c1-11-6-7-12-14(2,3)8-5-9-16(12)15(11,4)10-13(17)18-16/h11-12H,5-10H2,1-4H3. The van der Waals surface area contributed by atoms with E-state index in [9.17, 15) is 4.79 Å². The monoisotopic (exact) mass is 250 g/mol. The van der Waals surface area contributed by atoms with Crippen molar-refractivity contribution in [1.29, 1.82) is 0 Å². The Morgan fingerprint density at radius 2 is 1.89 bits per heavy atom. The van der Waals surface area contributed by atoms with E-state index in [1.54, 1.807) is 0 Å². The summed E-state index contributed by atoms with van der Waals surface area (Å²) in [6, 6.07) is 0. The summed E-state index contributed by atoms with van der Waals surface area (Å²) < 4.78 is 6.03. The zero-order valence-electron chi connectivity index (χ0n) is 12.2. The van der Waals surface area contributed by atoms with Crippen molar-refractivity contribution in [2.24, 2.45) is 22.7 Å². The molecule has 18 heavy (non-hydrogen) atoms. The van der Waals surface area contributed by atoms with E-state index in [0.29, 0.717) is 23.7 Å². The Labute approximate surface area is 110 Å². The van der Waals surface area contributed by atoms with E-state index in [4.69, 9.17) is 4.74 Å². The third-order valence-corrected chi connectivity index (χ3v) is 6.63. The molecular formula is C16H26O2. The predicted molar refractivity (Wildman–Crippen MR) is 71.1 cm³/mol. The molecule has 3 fully saturated rings. The van der Waals surface area contributed by atoms with Crippen LogP contribution < -0.4 is 0 Å². The molecule has 2 saturated carbocycles. The first-order valence-corrected chi connectivity index (χ1v) is 7.54. The van der Waals surface area contributed by atoms with Gasteiger partial charge < -0.3 is 4.74 Å². The predicted octanol–water partition coefficient (Wildman–Crippen LogP) is 3.93. The quantitative estimate of drug-likeness (QED) is 0.609. The van der Waals surface area contributed by atoms with Gasteiger partial charge in [-0.3, -0.25) is 4.79 Å². The first-order valence-electron chi connectivity index (χ1n) is 7.54. The molecule has 2 nitrogen and oxygen atoms in total. The molecule has 0 aromatic carbocycles. The first kappa shape index (κ1) is 12.5. The van der Waals surface area contributed by atoms with Gasteiger partial charge in [0.2, 0.25) is 0 Å². The van der Waals surface area contributed by atoms with Crippen LogP contribution in [0.4, 0.5) is 0 Å². The van der Waals surface area contributed by atoms with Crippen molar-refractivity contribution >= 4 is 5.97 Å². The van der Waals surface area contributed by atoms with Crippen molar-refractivity contribution in [3.8, 4) is 0 Å². The second kappa shape index (κ2) is 3.52. The molecule has 0 N–H and O–H groups in total. The van der Waals surface area contributed by atoms with Crippen LogP contribution in [0.25, 0.3) is 0 Å². The van der Waals surface area contributed by atoms with Gasteiger partial charge in [-0.05, 0) is 43.4 Å². The number of rotatable bonds is 0. The second-order valence-corrected chi connectivity index (χ2v) is 7.83. The van der Waals surface area contributed by atoms with Gasteiger partial charge >= 0.3 is 5.97 Å². The summed E-state index contributed by atoms with van der Waals surface area (Å²) in [6.45, 7) is 9.39. The van der Waals surface area contributed by atoms with Crippen molar-refractivity contribution in [2.45, 2.75) is 71.8 Å². The molecule has 0 aromatic rings. The molecule has 1 heterocycles. The zero-order valence-corrected chi connectivity index (χ0v) is 12.2. The molecule has 4 atom stereocenters. The fourth-order valence-electron chi connectivity index (χ4n) is 5.35. The normalized spacial score (nSPS) is 50.3. The maximum Gasteiger partial charge on any atom is 0.307 e. The van der Waals surface area contributed by atoms with Gasteiger partial charge in [0.1, 0.15) is 5.60 Å². The van der Waals surface area contributed by atoms with Gasteiger partial charge in [-0.25, -0.2) is 0 Å². The molecule has 3 aliphatic rings. The molecule has 0 bridgehead atoms. The molecule has 3 rings (SSSR count). The number of hydrogen-bond donors (Lipinski definition) is 0. The van der Waals surface area contributed by atoms with E-state index in [-0.39, 0.29) is 17.0 Å². The van der Waals surface area contributed by atoms with Crippen LogP contribution in [-0.4, -0.2) is 11.6 Å². The van der Waals surface area contributed by atoms with Gasteiger partial charge in [0.25, 0.3) is 0 Å². The Balaban J connectivity index is 2.10. The molecule has 1 saturated heterocycles. The maximum atomic E-state index is 12.0. The largest absolute Gasteiger partial charge is 0.458 e. The fourth-order valence-corrected chi connectivity index (χ4v) is 5.35. The van der Waals surface area contributed by atoms with E-state index in [0.717, 1.165) is 6.42 Å². The lowest BCUT2D eigenvalue weighted by molar-refractivity contribution is -0.202. The average molecular weight is 250 g/mol. The van der Waals surface area contributed by atoms with E-state index in [2.05, 4.69) is 27.7 Å². The highest BCUT2D eigenvalue weighted by atomic mass is 16.6. The lowest BCUT2D eigenvalue weighted by Gasteiger charge is -2.60. The van der Waals surface area contributed by atoms with Crippen LogP contribution in [0.5, 0.6) is 0 Å². The van der Waals surface area contributed by atoms with Gasteiger partial charge in [-0.15, -0.1) is 0 Å². The fraction of sp³-hybridized carbons (Fsp3) is 0.938. The molecule has 2 heteroatoms. The molecule has 2 aliphatic carbocycles. The topological polar surface area (TPSA) is 26.3 Å². The Kier molecular flexibility index (Phi) is 2.44. The van der Waals surface area contributed by atoms with Crippen molar-refractivity contribution in [3.63, 3.8) is 0 Å². The number of ether oxygens (including phenoxy) is 1. The molecule has 1 aliphatic heterocycles. The Morgan fingerprint density at radius 1 is 1.17 bits per heavy atom. The van der Waals surface area contributed by atoms with Crippen molar-refractivity contribution in [2.75, 3.05) is 0 Å². The highest BCUT2D eigenvalue weighted by Crippen LogP contribution is 2.66. The summed E-state index contributed by atoms with van der Waals surface area (Å²) in [7, 11) is 0. The van der Waals surface area contributed by atoms with Crippen molar-refractivity contribution in [1.82, 2.24) is 0 Å². The first-order chi connectivity index (χ1) is 8.32. The van der Waals surface area contributed by atoms with Crippen LogP contribution in [0.3, 0.4) is 0 Å².